The molecule has 6 heteroatoms. The summed E-state index contributed by atoms with van der Waals surface area (Å²) in [6.07, 6.45) is 2.26. The lowest BCUT2D eigenvalue weighted by Crippen LogP contribution is -2.40. The van der Waals surface area contributed by atoms with Crippen molar-refractivity contribution in [2.75, 3.05) is 18.4 Å². The van der Waals surface area contributed by atoms with E-state index in [-0.39, 0.29) is 29.2 Å². The Morgan fingerprint density at radius 1 is 1.06 bits per heavy atom. The zero-order valence-electron chi connectivity index (χ0n) is 20.2. The van der Waals surface area contributed by atoms with E-state index in [1.165, 1.54) is 0 Å². The van der Waals surface area contributed by atoms with Crippen LogP contribution in [0.1, 0.15) is 73.4 Å². The Hall–Kier alpha value is -2.63. The first-order valence-corrected chi connectivity index (χ1v) is 11.1. The normalized spacial score (nSPS) is 12.0. The summed E-state index contributed by atoms with van der Waals surface area (Å²) in [6, 6.07) is 11.7. The minimum absolute atomic E-state index is 0.0167. The van der Waals surface area contributed by atoms with E-state index >= 15 is 0 Å². The molecule has 0 saturated carbocycles. The van der Waals surface area contributed by atoms with Gasteiger partial charge in [-0.3, -0.25) is 9.59 Å². The zero-order valence-corrected chi connectivity index (χ0v) is 20.2. The molecule has 2 rings (SSSR count). The minimum Gasteiger partial charge on any atom is -0.333 e. The van der Waals surface area contributed by atoms with E-state index in [0.29, 0.717) is 18.8 Å². The zero-order chi connectivity index (χ0) is 23.2. The van der Waals surface area contributed by atoms with Gasteiger partial charge in [-0.15, -0.1) is 0 Å². The average Bonchev–Trinajstić information content (AvgIpc) is 3.08. The summed E-state index contributed by atoms with van der Waals surface area (Å²) >= 11 is 0. The van der Waals surface area contributed by atoms with Crippen LogP contribution in [0.3, 0.4) is 0 Å². The van der Waals surface area contributed by atoms with Crippen molar-refractivity contribution in [3.63, 3.8) is 0 Å². The second kappa shape index (κ2) is 10.1. The molecule has 0 aliphatic heterocycles. The summed E-state index contributed by atoms with van der Waals surface area (Å²) < 4.78 is 1.76. The van der Waals surface area contributed by atoms with E-state index in [1.54, 1.807) is 9.58 Å². The first kappa shape index (κ1) is 24.6. The SMILES string of the molecule is CCCCN(CC(=O)Nc1cc(C(C)(C)C)nn1-c1ccccc1)C(=O)CC(C)(C)C. The summed E-state index contributed by atoms with van der Waals surface area (Å²) in [5.41, 5.74) is 1.49. The van der Waals surface area contributed by atoms with Gasteiger partial charge in [-0.1, -0.05) is 73.1 Å². The molecule has 1 heterocycles. The van der Waals surface area contributed by atoms with Gasteiger partial charge in [-0.2, -0.15) is 5.10 Å². The number of benzene rings is 1. The molecular weight excluding hydrogens is 388 g/mol. The van der Waals surface area contributed by atoms with Crippen molar-refractivity contribution < 1.29 is 9.59 Å². The molecule has 170 valence electrons. The number of para-hydroxylation sites is 1. The highest BCUT2D eigenvalue weighted by atomic mass is 16.2. The monoisotopic (exact) mass is 426 g/mol. The van der Waals surface area contributed by atoms with Crippen LogP contribution in [0.25, 0.3) is 5.69 Å². The van der Waals surface area contributed by atoms with Gasteiger partial charge < -0.3 is 10.2 Å². The Kier molecular flexibility index (Phi) is 8.04. The number of aromatic nitrogens is 2. The first-order chi connectivity index (χ1) is 14.4. The van der Waals surface area contributed by atoms with Crippen LogP contribution in [-0.2, 0) is 15.0 Å². The van der Waals surface area contributed by atoms with Gasteiger partial charge >= 0.3 is 0 Å². The van der Waals surface area contributed by atoms with Crippen LogP contribution in [-0.4, -0.2) is 39.6 Å². The summed E-state index contributed by atoms with van der Waals surface area (Å²) in [4.78, 5) is 27.4. The standard InChI is InChI=1S/C25H38N4O2/c1-8-9-15-28(23(31)17-24(2,3)4)18-22(30)26-21-16-20(25(5,6)7)27-29(21)19-13-11-10-12-14-19/h10-14,16H,8-9,15,17-18H2,1-7H3,(H,26,30). The van der Waals surface area contributed by atoms with Crippen LogP contribution in [0.4, 0.5) is 5.82 Å². The van der Waals surface area contributed by atoms with Crippen LogP contribution in [0, 0.1) is 5.41 Å². The minimum atomic E-state index is -0.212. The number of hydrogen-bond acceptors (Lipinski definition) is 3. The summed E-state index contributed by atoms with van der Waals surface area (Å²) in [6.45, 7) is 15.1. The van der Waals surface area contributed by atoms with Crippen LogP contribution in [0.5, 0.6) is 0 Å². The number of hydrogen-bond donors (Lipinski definition) is 1. The van der Waals surface area contributed by atoms with Crippen molar-refractivity contribution in [3.8, 4) is 5.69 Å². The molecule has 2 amide bonds. The Labute approximate surface area is 187 Å². The molecule has 0 aliphatic rings. The Morgan fingerprint density at radius 3 is 2.26 bits per heavy atom. The predicted molar refractivity (Wildman–Crippen MR) is 126 cm³/mol. The van der Waals surface area contributed by atoms with Crippen molar-refractivity contribution in [1.82, 2.24) is 14.7 Å². The topological polar surface area (TPSA) is 67.2 Å². The van der Waals surface area contributed by atoms with Gasteiger partial charge in [-0.05, 0) is 24.0 Å². The van der Waals surface area contributed by atoms with E-state index in [4.69, 9.17) is 5.10 Å². The fourth-order valence-corrected chi connectivity index (χ4v) is 3.16. The van der Waals surface area contributed by atoms with Crippen LogP contribution in [0.15, 0.2) is 36.4 Å². The van der Waals surface area contributed by atoms with Gasteiger partial charge in [0.1, 0.15) is 5.82 Å². The fraction of sp³-hybridized carbons (Fsp3) is 0.560. The second-order valence-corrected chi connectivity index (χ2v) is 10.4. The molecule has 1 N–H and O–H groups in total. The van der Waals surface area contributed by atoms with Crippen molar-refractivity contribution in [2.45, 2.75) is 73.1 Å². The molecule has 0 saturated heterocycles. The third kappa shape index (κ3) is 7.53. The second-order valence-electron chi connectivity index (χ2n) is 10.4. The van der Waals surface area contributed by atoms with Gasteiger partial charge in [0.25, 0.3) is 0 Å². The van der Waals surface area contributed by atoms with Crippen molar-refractivity contribution in [1.29, 1.82) is 0 Å². The maximum Gasteiger partial charge on any atom is 0.245 e. The maximum absolute atomic E-state index is 13.0. The van der Waals surface area contributed by atoms with Crippen molar-refractivity contribution in [3.05, 3.63) is 42.1 Å². The van der Waals surface area contributed by atoms with Crippen LogP contribution < -0.4 is 5.32 Å². The Bertz CT molecular complexity index is 873. The number of nitrogens with zero attached hydrogens (tertiary/aromatic N) is 3. The summed E-state index contributed by atoms with van der Waals surface area (Å²) in [5.74, 6) is 0.416. The average molecular weight is 427 g/mol. The van der Waals surface area contributed by atoms with E-state index in [0.717, 1.165) is 24.2 Å². The highest BCUT2D eigenvalue weighted by Crippen LogP contribution is 2.26. The van der Waals surface area contributed by atoms with E-state index in [2.05, 4.69) is 33.0 Å². The van der Waals surface area contributed by atoms with Gasteiger partial charge in [0.15, 0.2) is 0 Å². The largest absolute Gasteiger partial charge is 0.333 e. The van der Waals surface area contributed by atoms with E-state index < -0.39 is 0 Å². The number of unbranched alkanes of at least 4 members (excludes halogenated alkanes) is 1. The Morgan fingerprint density at radius 2 is 1.71 bits per heavy atom. The van der Waals surface area contributed by atoms with Crippen molar-refractivity contribution >= 4 is 17.6 Å². The Balaban J connectivity index is 2.24. The highest BCUT2D eigenvalue weighted by Gasteiger charge is 2.25. The van der Waals surface area contributed by atoms with E-state index in [1.807, 2.05) is 57.2 Å². The van der Waals surface area contributed by atoms with Crippen molar-refractivity contribution in [2.24, 2.45) is 5.41 Å². The predicted octanol–water partition coefficient (Wildman–Crippen LogP) is 5.17. The van der Waals surface area contributed by atoms with E-state index in [9.17, 15) is 9.59 Å². The molecule has 1 aromatic carbocycles. The number of rotatable bonds is 8. The van der Waals surface area contributed by atoms with Crippen LogP contribution in [0.2, 0.25) is 0 Å². The number of carbonyl (C=O) groups is 2. The molecule has 0 aliphatic carbocycles. The van der Waals surface area contributed by atoms with Crippen LogP contribution >= 0.6 is 0 Å². The van der Waals surface area contributed by atoms with Gasteiger partial charge in [-0.25, -0.2) is 4.68 Å². The first-order valence-electron chi connectivity index (χ1n) is 11.1. The fourth-order valence-electron chi connectivity index (χ4n) is 3.16. The molecule has 6 nitrogen and oxygen atoms in total. The summed E-state index contributed by atoms with van der Waals surface area (Å²) in [5, 5.41) is 7.73. The van der Waals surface area contributed by atoms with Gasteiger partial charge in [0, 0.05) is 24.4 Å². The lowest BCUT2D eigenvalue weighted by molar-refractivity contribution is -0.136. The summed E-state index contributed by atoms with van der Waals surface area (Å²) in [7, 11) is 0. The maximum atomic E-state index is 13.0. The third-order valence-electron chi connectivity index (χ3n) is 4.90. The van der Waals surface area contributed by atoms with Gasteiger partial charge in [0.2, 0.25) is 11.8 Å². The number of carbonyl (C=O) groups excluding carboxylic acids is 2. The highest BCUT2D eigenvalue weighted by molar-refractivity contribution is 5.94. The lowest BCUT2D eigenvalue weighted by Gasteiger charge is -2.26. The number of anilines is 1. The lowest BCUT2D eigenvalue weighted by atomic mass is 9.91. The molecule has 0 radical (unpaired) electrons. The third-order valence-corrected chi connectivity index (χ3v) is 4.90. The molecule has 31 heavy (non-hydrogen) atoms. The number of amides is 2. The molecule has 0 bridgehead atoms. The molecule has 0 unspecified atom stereocenters. The molecular formula is C25H38N4O2. The molecule has 2 aromatic rings. The number of nitrogens with one attached hydrogen (secondary N) is 1. The molecule has 1 aromatic heterocycles. The quantitative estimate of drug-likeness (QED) is 0.633. The molecule has 0 spiro atoms. The molecule has 0 fully saturated rings. The smallest absolute Gasteiger partial charge is 0.245 e. The molecule has 0 atom stereocenters. The van der Waals surface area contributed by atoms with Gasteiger partial charge in [0.05, 0.1) is 17.9 Å².